The number of hydrogen-bond donors (Lipinski definition) is 0. The molecule has 3 rings (SSSR count). The van der Waals surface area contributed by atoms with Gasteiger partial charge >= 0.3 is 0 Å². The first kappa shape index (κ1) is 11.0. The summed E-state index contributed by atoms with van der Waals surface area (Å²) in [6, 6.07) is 0. The van der Waals surface area contributed by atoms with Gasteiger partial charge in [0.2, 0.25) is 5.91 Å². The van der Waals surface area contributed by atoms with Crippen LogP contribution in [0.3, 0.4) is 0 Å². The molecule has 92 valence electrons. The highest BCUT2D eigenvalue weighted by atomic mass is 16.6. The van der Waals surface area contributed by atoms with Gasteiger partial charge in [0.1, 0.15) is 0 Å². The molecular formula is C13H17NO3. The van der Waals surface area contributed by atoms with E-state index in [1.54, 1.807) is 0 Å². The van der Waals surface area contributed by atoms with E-state index in [1.807, 2.05) is 17.1 Å². The number of hydrogen-bond acceptors (Lipinski definition) is 3. The molecule has 0 N–H and O–H groups in total. The molecule has 2 unspecified atom stereocenters. The van der Waals surface area contributed by atoms with Crippen molar-refractivity contribution in [1.29, 1.82) is 0 Å². The average molecular weight is 235 g/mol. The van der Waals surface area contributed by atoms with E-state index in [0.717, 1.165) is 31.6 Å². The fourth-order valence-corrected chi connectivity index (χ4v) is 2.06. The van der Waals surface area contributed by atoms with Crippen LogP contribution in [-0.4, -0.2) is 49.3 Å². The van der Waals surface area contributed by atoms with Gasteiger partial charge in [0.05, 0.1) is 25.4 Å². The third-order valence-corrected chi connectivity index (χ3v) is 3.23. The van der Waals surface area contributed by atoms with Crippen molar-refractivity contribution < 1.29 is 14.3 Å². The minimum atomic E-state index is 0.153. The topological polar surface area (TPSA) is 45.4 Å². The standard InChI is InChI=1S/C13H17NO3/c15-13(10-4-2-1-3-5-10)14(6-11-8-16-11)7-12-9-17-12/h1-2,4,11-12H,3,5-9H2. The van der Waals surface area contributed by atoms with E-state index >= 15 is 0 Å². The highest BCUT2D eigenvalue weighted by Gasteiger charge is 2.33. The molecule has 0 saturated carbocycles. The van der Waals surface area contributed by atoms with Gasteiger partial charge < -0.3 is 14.4 Å². The van der Waals surface area contributed by atoms with Crippen molar-refractivity contribution >= 4 is 5.91 Å². The number of carbonyl (C=O) groups is 1. The number of carbonyl (C=O) groups excluding carboxylic acids is 1. The quantitative estimate of drug-likeness (QED) is 0.665. The molecule has 2 atom stereocenters. The van der Waals surface area contributed by atoms with Gasteiger partial charge in [-0.1, -0.05) is 18.2 Å². The summed E-state index contributed by atoms with van der Waals surface area (Å²) in [5, 5.41) is 0. The third kappa shape index (κ3) is 2.96. The van der Waals surface area contributed by atoms with Crippen LogP contribution < -0.4 is 0 Å². The molecule has 1 aliphatic carbocycles. The predicted octanol–water partition coefficient (Wildman–Crippen LogP) is 0.889. The summed E-state index contributed by atoms with van der Waals surface area (Å²) < 4.78 is 10.4. The van der Waals surface area contributed by atoms with Crippen LogP contribution in [0.2, 0.25) is 0 Å². The molecular weight excluding hydrogens is 218 g/mol. The smallest absolute Gasteiger partial charge is 0.249 e. The second-order valence-electron chi connectivity index (χ2n) is 4.78. The molecule has 2 aliphatic heterocycles. The lowest BCUT2D eigenvalue weighted by Gasteiger charge is -2.23. The molecule has 0 aromatic rings. The summed E-state index contributed by atoms with van der Waals surface area (Å²) in [6.07, 6.45) is 8.30. The monoisotopic (exact) mass is 235 g/mol. The van der Waals surface area contributed by atoms with Gasteiger partial charge in [-0.2, -0.15) is 0 Å². The van der Waals surface area contributed by atoms with E-state index in [0.29, 0.717) is 13.1 Å². The van der Waals surface area contributed by atoms with E-state index in [2.05, 4.69) is 6.08 Å². The second kappa shape index (κ2) is 4.63. The van der Waals surface area contributed by atoms with Gasteiger partial charge in [-0.05, 0) is 12.8 Å². The van der Waals surface area contributed by atoms with Gasteiger partial charge in [0.25, 0.3) is 0 Å². The van der Waals surface area contributed by atoms with E-state index in [9.17, 15) is 4.79 Å². The van der Waals surface area contributed by atoms with Gasteiger partial charge in [-0.15, -0.1) is 0 Å². The highest BCUT2D eigenvalue weighted by Crippen LogP contribution is 2.20. The largest absolute Gasteiger partial charge is 0.371 e. The van der Waals surface area contributed by atoms with Crippen LogP contribution in [0.5, 0.6) is 0 Å². The fourth-order valence-electron chi connectivity index (χ4n) is 2.06. The molecule has 0 aromatic carbocycles. The maximum absolute atomic E-state index is 12.3. The van der Waals surface area contributed by atoms with Crippen molar-refractivity contribution in [2.75, 3.05) is 26.3 Å². The Morgan fingerprint density at radius 3 is 2.41 bits per heavy atom. The summed E-state index contributed by atoms with van der Waals surface area (Å²) >= 11 is 0. The molecule has 2 fully saturated rings. The number of amides is 1. The van der Waals surface area contributed by atoms with Crippen LogP contribution in [0.25, 0.3) is 0 Å². The molecule has 3 aliphatic rings. The van der Waals surface area contributed by atoms with Crippen molar-refractivity contribution in [3.63, 3.8) is 0 Å². The molecule has 0 spiro atoms. The Morgan fingerprint density at radius 1 is 1.29 bits per heavy atom. The van der Waals surface area contributed by atoms with Crippen LogP contribution in [0.4, 0.5) is 0 Å². The van der Waals surface area contributed by atoms with Gasteiger partial charge in [0, 0.05) is 18.7 Å². The lowest BCUT2D eigenvalue weighted by molar-refractivity contribution is -0.127. The van der Waals surface area contributed by atoms with Gasteiger partial charge in [0.15, 0.2) is 0 Å². The number of rotatable bonds is 5. The summed E-state index contributed by atoms with van der Waals surface area (Å²) in [6.45, 7) is 2.99. The molecule has 17 heavy (non-hydrogen) atoms. The van der Waals surface area contributed by atoms with Crippen LogP contribution in [-0.2, 0) is 14.3 Å². The van der Waals surface area contributed by atoms with Crippen LogP contribution in [0.1, 0.15) is 12.8 Å². The summed E-state index contributed by atoms with van der Waals surface area (Å²) in [5.41, 5.74) is 0.911. The molecule has 2 saturated heterocycles. The summed E-state index contributed by atoms with van der Waals surface area (Å²) in [4.78, 5) is 14.2. The number of nitrogens with zero attached hydrogens (tertiary/aromatic N) is 1. The second-order valence-corrected chi connectivity index (χ2v) is 4.78. The molecule has 1 amide bonds. The highest BCUT2D eigenvalue weighted by molar-refractivity contribution is 5.94. The Labute approximate surface area is 101 Å². The van der Waals surface area contributed by atoms with Crippen LogP contribution >= 0.6 is 0 Å². The first-order valence-corrected chi connectivity index (χ1v) is 6.21. The first-order valence-electron chi connectivity index (χ1n) is 6.21. The van der Waals surface area contributed by atoms with E-state index in [-0.39, 0.29) is 18.1 Å². The minimum Gasteiger partial charge on any atom is -0.371 e. The van der Waals surface area contributed by atoms with Crippen molar-refractivity contribution in [3.05, 3.63) is 23.8 Å². The van der Waals surface area contributed by atoms with Crippen molar-refractivity contribution in [3.8, 4) is 0 Å². The number of ether oxygens (including phenoxy) is 2. The Bertz CT molecular complexity index is 353. The molecule has 4 heteroatoms. The maximum atomic E-state index is 12.3. The zero-order valence-electron chi connectivity index (χ0n) is 9.80. The third-order valence-electron chi connectivity index (χ3n) is 3.23. The molecule has 2 heterocycles. The van der Waals surface area contributed by atoms with E-state index in [1.165, 1.54) is 0 Å². The Balaban J connectivity index is 1.64. The average Bonchev–Trinajstić information content (AvgIpc) is 3.23. The minimum absolute atomic E-state index is 0.153. The van der Waals surface area contributed by atoms with Crippen LogP contribution in [0.15, 0.2) is 23.8 Å². The van der Waals surface area contributed by atoms with E-state index in [4.69, 9.17) is 9.47 Å². The van der Waals surface area contributed by atoms with E-state index < -0.39 is 0 Å². The summed E-state index contributed by atoms with van der Waals surface area (Å²) in [7, 11) is 0. The Kier molecular flexibility index (Phi) is 2.99. The zero-order chi connectivity index (χ0) is 11.7. The zero-order valence-corrected chi connectivity index (χ0v) is 9.80. The fraction of sp³-hybridized carbons (Fsp3) is 0.615. The predicted molar refractivity (Wildman–Crippen MR) is 62.5 cm³/mol. The van der Waals surface area contributed by atoms with Crippen LogP contribution in [0, 0.1) is 0 Å². The normalized spacial score (nSPS) is 29.8. The molecule has 0 aromatic heterocycles. The van der Waals surface area contributed by atoms with Gasteiger partial charge in [-0.3, -0.25) is 4.79 Å². The lowest BCUT2D eigenvalue weighted by atomic mass is 10.0. The lowest BCUT2D eigenvalue weighted by Crippen LogP contribution is -2.38. The molecule has 0 radical (unpaired) electrons. The van der Waals surface area contributed by atoms with Crippen molar-refractivity contribution in [1.82, 2.24) is 4.90 Å². The Hall–Kier alpha value is -1.13. The summed E-state index contributed by atoms with van der Waals surface area (Å²) in [5.74, 6) is 0.153. The van der Waals surface area contributed by atoms with Crippen molar-refractivity contribution in [2.24, 2.45) is 0 Å². The number of allylic oxidation sites excluding steroid dienone is 3. The first-order chi connectivity index (χ1) is 8.33. The SMILES string of the molecule is O=C(C1=CC=CCC1)N(CC1CO1)CC1CO1. The Morgan fingerprint density at radius 2 is 1.94 bits per heavy atom. The van der Waals surface area contributed by atoms with Crippen molar-refractivity contribution in [2.45, 2.75) is 25.0 Å². The maximum Gasteiger partial charge on any atom is 0.249 e. The molecule has 0 bridgehead atoms. The van der Waals surface area contributed by atoms with Gasteiger partial charge in [-0.25, -0.2) is 0 Å². The molecule has 4 nitrogen and oxygen atoms in total. The number of epoxide rings is 2.